The molecule has 0 aromatic heterocycles. The minimum atomic E-state index is -3.85. The van der Waals surface area contributed by atoms with Gasteiger partial charge in [0.05, 0.1) is 23.2 Å². The summed E-state index contributed by atoms with van der Waals surface area (Å²) in [5.41, 5.74) is 0.606. The third-order valence-electron chi connectivity index (χ3n) is 4.01. The highest BCUT2D eigenvalue weighted by atomic mass is 32.2. The molecule has 2 N–H and O–H groups in total. The molecule has 2 aromatic rings. The molecular formula is C20H22FN3O4S. The smallest absolute Gasteiger partial charge is 0.253 e. The summed E-state index contributed by atoms with van der Waals surface area (Å²) in [4.78, 5) is 25.1. The predicted octanol–water partition coefficient (Wildman–Crippen LogP) is 2.53. The van der Waals surface area contributed by atoms with E-state index in [1.54, 1.807) is 12.1 Å². The van der Waals surface area contributed by atoms with Gasteiger partial charge in [-0.25, -0.2) is 12.8 Å². The second kappa shape index (κ2) is 9.33. The van der Waals surface area contributed by atoms with Crippen molar-refractivity contribution < 1.29 is 22.4 Å². The second-order valence-corrected chi connectivity index (χ2v) is 8.10. The van der Waals surface area contributed by atoms with Gasteiger partial charge in [0.25, 0.3) is 5.91 Å². The molecule has 2 amide bonds. The van der Waals surface area contributed by atoms with Crippen LogP contribution < -0.4 is 14.9 Å². The van der Waals surface area contributed by atoms with Crippen molar-refractivity contribution in [3.8, 4) is 0 Å². The van der Waals surface area contributed by atoms with Crippen molar-refractivity contribution in [3.05, 3.63) is 72.6 Å². The number of halogens is 1. The van der Waals surface area contributed by atoms with Crippen molar-refractivity contribution in [3.63, 3.8) is 0 Å². The molecule has 1 atom stereocenters. The van der Waals surface area contributed by atoms with E-state index in [2.05, 4.69) is 17.2 Å². The highest BCUT2D eigenvalue weighted by Crippen LogP contribution is 2.23. The molecule has 0 bridgehead atoms. The van der Waals surface area contributed by atoms with Gasteiger partial charge in [0.2, 0.25) is 15.9 Å². The maximum absolute atomic E-state index is 13.2. The van der Waals surface area contributed by atoms with E-state index < -0.39 is 33.7 Å². The number of para-hydroxylation sites is 1. The molecule has 9 heteroatoms. The largest absolute Gasteiger partial charge is 0.349 e. The van der Waals surface area contributed by atoms with Gasteiger partial charge >= 0.3 is 0 Å². The minimum absolute atomic E-state index is 0.147. The van der Waals surface area contributed by atoms with Crippen LogP contribution in [0.2, 0.25) is 0 Å². The molecule has 0 heterocycles. The first-order valence-corrected chi connectivity index (χ1v) is 10.5. The topological polar surface area (TPSA) is 95.6 Å². The van der Waals surface area contributed by atoms with Crippen LogP contribution in [0.5, 0.6) is 0 Å². The maximum atomic E-state index is 13.2. The Kier molecular flexibility index (Phi) is 7.11. The van der Waals surface area contributed by atoms with Crippen LogP contribution in [-0.4, -0.2) is 39.1 Å². The third kappa shape index (κ3) is 5.64. The molecule has 0 aliphatic carbocycles. The lowest BCUT2D eigenvalue weighted by Gasteiger charge is -2.28. The summed E-state index contributed by atoms with van der Waals surface area (Å²) in [5.74, 6) is -1.59. The fourth-order valence-corrected chi connectivity index (χ4v) is 3.86. The second-order valence-electron chi connectivity index (χ2n) is 6.24. The Morgan fingerprint density at radius 3 is 2.38 bits per heavy atom. The summed E-state index contributed by atoms with van der Waals surface area (Å²) in [6.45, 7) is 5.18. The van der Waals surface area contributed by atoms with E-state index in [-0.39, 0.29) is 23.5 Å². The van der Waals surface area contributed by atoms with Gasteiger partial charge in [0.1, 0.15) is 11.9 Å². The molecular weight excluding hydrogens is 397 g/mol. The number of hydrogen-bond donors (Lipinski definition) is 2. The first-order valence-electron chi connectivity index (χ1n) is 8.69. The van der Waals surface area contributed by atoms with Gasteiger partial charge < -0.3 is 10.6 Å². The van der Waals surface area contributed by atoms with Crippen molar-refractivity contribution in [1.29, 1.82) is 0 Å². The normalized spacial score (nSPS) is 12.0. The minimum Gasteiger partial charge on any atom is -0.349 e. The third-order valence-corrected chi connectivity index (χ3v) is 5.25. The predicted molar refractivity (Wildman–Crippen MR) is 111 cm³/mol. The molecule has 0 saturated carbocycles. The Morgan fingerprint density at radius 2 is 1.79 bits per heavy atom. The summed E-state index contributed by atoms with van der Waals surface area (Å²) in [6, 6.07) is 9.97. The van der Waals surface area contributed by atoms with E-state index in [1.165, 1.54) is 37.3 Å². The monoisotopic (exact) mass is 419 g/mol. The van der Waals surface area contributed by atoms with Crippen LogP contribution in [0.4, 0.5) is 15.8 Å². The number of nitrogens with zero attached hydrogens (tertiary/aromatic N) is 1. The van der Waals surface area contributed by atoms with Crippen LogP contribution in [0, 0.1) is 5.82 Å². The molecule has 29 heavy (non-hydrogen) atoms. The van der Waals surface area contributed by atoms with Crippen molar-refractivity contribution in [2.75, 3.05) is 22.4 Å². The average molecular weight is 419 g/mol. The summed E-state index contributed by atoms with van der Waals surface area (Å²) in [7, 11) is -3.85. The number of sulfonamides is 1. The van der Waals surface area contributed by atoms with Crippen molar-refractivity contribution in [2.24, 2.45) is 0 Å². The molecule has 7 nitrogen and oxygen atoms in total. The molecule has 0 fully saturated rings. The van der Waals surface area contributed by atoms with Crippen LogP contribution in [0.3, 0.4) is 0 Å². The zero-order chi connectivity index (χ0) is 21.6. The van der Waals surface area contributed by atoms with Crippen molar-refractivity contribution in [1.82, 2.24) is 5.32 Å². The lowest BCUT2D eigenvalue weighted by atomic mass is 10.1. The van der Waals surface area contributed by atoms with E-state index >= 15 is 0 Å². The number of carbonyl (C=O) groups excluding carboxylic acids is 2. The Labute approximate surface area is 169 Å². The Balaban J connectivity index is 2.30. The number of carbonyl (C=O) groups is 2. The quantitative estimate of drug-likeness (QED) is 0.643. The molecule has 0 aliphatic rings. The molecule has 0 aliphatic heterocycles. The summed E-state index contributed by atoms with van der Waals surface area (Å²) >= 11 is 0. The first kappa shape index (κ1) is 22.1. The zero-order valence-electron chi connectivity index (χ0n) is 16.1. The van der Waals surface area contributed by atoms with Gasteiger partial charge in [-0.2, -0.15) is 0 Å². The van der Waals surface area contributed by atoms with Crippen LogP contribution in [0.15, 0.2) is 61.2 Å². The number of rotatable bonds is 8. The zero-order valence-corrected chi connectivity index (χ0v) is 16.9. The molecule has 0 saturated heterocycles. The van der Waals surface area contributed by atoms with Gasteiger partial charge in [0.15, 0.2) is 0 Å². The number of nitrogens with one attached hydrogen (secondary N) is 2. The van der Waals surface area contributed by atoms with E-state index in [4.69, 9.17) is 0 Å². The summed E-state index contributed by atoms with van der Waals surface area (Å²) in [6.07, 6.45) is 2.48. The molecule has 2 rings (SSSR count). The Bertz CT molecular complexity index is 1010. The van der Waals surface area contributed by atoms with E-state index in [0.29, 0.717) is 0 Å². The van der Waals surface area contributed by atoms with Gasteiger partial charge in [-0.1, -0.05) is 18.2 Å². The van der Waals surface area contributed by atoms with Gasteiger partial charge in [-0.15, -0.1) is 6.58 Å². The van der Waals surface area contributed by atoms with E-state index in [9.17, 15) is 22.4 Å². The van der Waals surface area contributed by atoms with E-state index in [1.807, 2.05) is 0 Å². The Morgan fingerprint density at radius 1 is 1.17 bits per heavy atom. The lowest BCUT2D eigenvalue weighted by Crippen LogP contribution is -2.45. The van der Waals surface area contributed by atoms with Crippen LogP contribution in [-0.2, 0) is 14.8 Å². The number of benzene rings is 2. The van der Waals surface area contributed by atoms with Gasteiger partial charge in [-0.3, -0.25) is 13.9 Å². The maximum Gasteiger partial charge on any atom is 0.253 e. The number of amides is 2. The summed E-state index contributed by atoms with van der Waals surface area (Å²) < 4.78 is 38.7. The molecule has 0 unspecified atom stereocenters. The number of anilines is 2. The van der Waals surface area contributed by atoms with Gasteiger partial charge in [-0.05, 0) is 43.3 Å². The van der Waals surface area contributed by atoms with E-state index in [0.717, 1.165) is 22.7 Å². The Hall–Kier alpha value is -3.20. The average Bonchev–Trinajstić information content (AvgIpc) is 2.67. The van der Waals surface area contributed by atoms with Crippen LogP contribution in [0.1, 0.15) is 17.3 Å². The molecule has 154 valence electrons. The lowest BCUT2D eigenvalue weighted by molar-refractivity contribution is -0.116. The van der Waals surface area contributed by atoms with Crippen molar-refractivity contribution in [2.45, 2.75) is 13.0 Å². The van der Waals surface area contributed by atoms with Crippen LogP contribution in [0.25, 0.3) is 0 Å². The molecule has 0 spiro atoms. The van der Waals surface area contributed by atoms with Crippen LogP contribution >= 0.6 is 0 Å². The van der Waals surface area contributed by atoms with Gasteiger partial charge in [0, 0.05) is 6.54 Å². The van der Waals surface area contributed by atoms with Crippen molar-refractivity contribution >= 4 is 33.2 Å². The fraction of sp³-hybridized carbons (Fsp3) is 0.200. The standard InChI is InChI=1S/C20H22FN3O4S/c1-4-13-22-20(26)17-7-5-6-8-18(17)23-19(25)14(2)24(29(3,27)28)16-11-9-15(21)10-12-16/h4-12,14H,1,13H2,2-3H3,(H,22,26)(H,23,25)/t14-/m0/s1. The number of hydrogen-bond acceptors (Lipinski definition) is 4. The fourth-order valence-electron chi connectivity index (χ4n) is 2.68. The highest BCUT2D eigenvalue weighted by molar-refractivity contribution is 7.92. The SMILES string of the molecule is C=CCNC(=O)c1ccccc1NC(=O)[C@H](C)N(c1ccc(F)cc1)S(C)(=O)=O. The summed E-state index contributed by atoms with van der Waals surface area (Å²) in [5, 5.41) is 5.22. The molecule has 0 radical (unpaired) electrons. The molecule has 2 aromatic carbocycles. The highest BCUT2D eigenvalue weighted by Gasteiger charge is 2.29. The first-order chi connectivity index (χ1) is 13.6.